The lowest BCUT2D eigenvalue weighted by molar-refractivity contribution is 0.160. The van der Waals surface area contributed by atoms with Gasteiger partial charge in [0, 0.05) is 72.7 Å². The third-order valence-electron chi connectivity index (χ3n) is 4.28. The third-order valence-corrected chi connectivity index (χ3v) is 5.92. The van der Waals surface area contributed by atoms with Crippen LogP contribution in [-0.2, 0) is 4.74 Å². The first kappa shape index (κ1) is 20.9. The van der Waals surface area contributed by atoms with Gasteiger partial charge in [0.15, 0.2) is 10.8 Å². The Bertz CT molecular complexity index is 779. The molecule has 3 rings (SSSR count). The Morgan fingerprint density at radius 3 is 3.14 bits per heavy atom. The summed E-state index contributed by atoms with van der Waals surface area (Å²) in [6, 6.07) is 0.182. The van der Waals surface area contributed by atoms with Crippen molar-refractivity contribution in [1.29, 1.82) is 0 Å². The molecule has 11 heteroatoms. The number of aliphatic imine (C=N–C) groups is 2. The predicted molar refractivity (Wildman–Crippen MR) is 110 cm³/mol. The van der Waals surface area contributed by atoms with Crippen LogP contribution in [0.25, 0.3) is 0 Å². The number of nitrogens with two attached hydrogens (primary N) is 1. The standard InChI is InChI=1S/C17H22F2N6OS2/c1-26-3-5-28-24-12-6-14-13(11(7-20)8-23-17(18)19)9-22-15(25(14)10-12)16-21-2-4-27-16/h2,4,7-8,12,17,24H,3,5-6,9-10,20H2,1H3. The van der Waals surface area contributed by atoms with Crippen LogP contribution >= 0.6 is 23.3 Å². The molecular weight excluding hydrogens is 406 g/mol. The van der Waals surface area contributed by atoms with E-state index in [-0.39, 0.29) is 6.04 Å². The molecule has 1 aromatic rings. The average molecular weight is 429 g/mol. The van der Waals surface area contributed by atoms with Gasteiger partial charge >= 0.3 is 6.55 Å². The number of nitrogens with one attached hydrogen (secondary N) is 1. The Balaban J connectivity index is 1.84. The third kappa shape index (κ3) is 4.96. The molecule has 0 amide bonds. The van der Waals surface area contributed by atoms with Gasteiger partial charge in [0.05, 0.1) is 13.2 Å². The van der Waals surface area contributed by atoms with Crippen molar-refractivity contribution in [2.45, 2.75) is 19.0 Å². The van der Waals surface area contributed by atoms with Gasteiger partial charge in [0.2, 0.25) is 0 Å². The summed E-state index contributed by atoms with van der Waals surface area (Å²) in [7, 11) is 1.67. The fourth-order valence-electron chi connectivity index (χ4n) is 3.08. The van der Waals surface area contributed by atoms with Gasteiger partial charge in [-0.05, 0) is 0 Å². The molecule has 0 bridgehead atoms. The lowest BCUT2D eigenvalue weighted by atomic mass is 10.0. The molecule has 152 valence electrons. The second kappa shape index (κ2) is 10.1. The summed E-state index contributed by atoms with van der Waals surface area (Å²) in [6.45, 7) is -1.05. The molecule has 3 N–H and O–H groups in total. The van der Waals surface area contributed by atoms with Gasteiger partial charge in [-0.2, -0.15) is 8.78 Å². The fraction of sp³-hybridized carbons (Fsp3) is 0.471. The van der Waals surface area contributed by atoms with Crippen LogP contribution in [0.3, 0.4) is 0 Å². The van der Waals surface area contributed by atoms with Gasteiger partial charge in [-0.25, -0.2) is 9.98 Å². The van der Waals surface area contributed by atoms with E-state index in [9.17, 15) is 8.78 Å². The van der Waals surface area contributed by atoms with Crippen LogP contribution < -0.4 is 10.5 Å². The molecule has 0 spiro atoms. The minimum atomic E-state index is -2.77. The van der Waals surface area contributed by atoms with E-state index in [1.165, 1.54) is 17.5 Å². The maximum atomic E-state index is 12.5. The number of methoxy groups -OCH3 is 1. The van der Waals surface area contributed by atoms with E-state index >= 15 is 0 Å². The predicted octanol–water partition coefficient (Wildman–Crippen LogP) is 2.25. The quantitative estimate of drug-likeness (QED) is 0.272. The first-order valence-electron chi connectivity index (χ1n) is 8.67. The monoisotopic (exact) mass is 428 g/mol. The number of nitrogens with zero attached hydrogens (tertiary/aromatic N) is 4. The van der Waals surface area contributed by atoms with Crippen molar-refractivity contribution in [2.75, 3.05) is 32.6 Å². The molecule has 0 aromatic carbocycles. The number of halogens is 2. The SMILES string of the molecule is COCCSNC1CC2=C(C(C=NC(F)F)=CN)CN=C(c3nccs3)N2C1. The second-order valence-corrected chi connectivity index (χ2v) is 7.88. The van der Waals surface area contributed by atoms with Gasteiger partial charge in [0.1, 0.15) is 0 Å². The minimum Gasteiger partial charge on any atom is -0.404 e. The fourth-order valence-corrected chi connectivity index (χ4v) is 4.50. The summed E-state index contributed by atoms with van der Waals surface area (Å²) in [5.41, 5.74) is 8.01. The van der Waals surface area contributed by atoms with Crippen molar-refractivity contribution in [2.24, 2.45) is 15.7 Å². The number of fused-ring (bicyclic) bond motifs is 1. The summed E-state index contributed by atoms with van der Waals surface area (Å²) in [5.74, 6) is 1.64. The number of hydrogen-bond donors (Lipinski definition) is 2. The lowest BCUT2D eigenvalue weighted by Gasteiger charge is -2.28. The highest BCUT2D eigenvalue weighted by molar-refractivity contribution is 7.97. The van der Waals surface area contributed by atoms with Crippen LogP contribution in [0.2, 0.25) is 0 Å². The highest BCUT2D eigenvalue weighted by Gasteiger charge is 2.36. The molecule has 1 fully saturated rings. The normalized spacial score (nSPS) is 20.4. The van der Waals surface area contributed by atoms with Gasteiger partial charge in [-0.1, -0.05) is 11.9 Å². The van der Waals surface area contributed by atoms with Crippen molar-refractivity contribution in [3.63, 3.8) is 0 Å². The summed E-state index contributed by atoms with van der Waals surface area (Å²) >= 11 is 3.13. The van der Waals surface area contributed by atoms with Crippen LogP contribution in [0, 0.1) is 0 Å². The van der Waals surface area contributed by atoms with Crippen LogP contribution in [-0.4, -0.2) is 67.1 Å². The van der Waals surface area contributed by atoms with E-state index in [0.717, 1.165) is 40.5 Å². The Hall–Kier alpha value is -1.82. The number of ether oxygens (including phenoxy) is 1. The number of thiazole rings is 1. The molecule has 2 aliphatic heterocycles. The van der Waals surface area contributed by atoms with Crippen LogP contribution in [0.1, 0.15) is 11.4 Å². The number of rotatable bonds is 9. The van der Waals surface area contributed by atoms with Gasteiger partial charge in [-0.3, -0.25) is 9.71 Å². The zero-order valence-corrected chi connectivity index (χ0v) is 17.0. The van der Waals surface area contributed by atoms with E-state index < -0.39 is 6.55 Å². The molecule has 28 heavy (non-hydrogen) atoms. The molecule has 7 nitrogen and oxygen atoms in total. The molecular formula is C17H22F2N6OS2. The Morgan fingerprint density at radius 2 is 2.46 bits per heavy atom. The first-order valence-corrected chi connectivity index (χ1v) is 10.5. The second-order valence-electron chi connectivity index (χ2n) is 6.05. The molecule has 0 saturated carbocycles. The smallest absolute Gasteiger partial charge is 0.331 e. The summed E-state index contributed by atoms with van der Waals surface area (Å²) < 4.78 is 33.6. The molecule has 1 aromatic heterocycles. The zero-order chi connectivity index (χ0) is 19.9. The number of aromatic nitrogens is 1. The van der Waals surface area contributed by atoms with Crippen molar-refractivity contribution in [3.8, 4) is 0 Å². The number of hydrogen-bond acceptors (Lipinski definition) is 9. The van der Waals surface area contributed by atoms with Crippen LogP contribution in [0.4, 0.5) is 8.78 Å². The lowest BCUT2D eigenvalue weighted by Crippen LogP contribution is -2.35. The van der Waals surface area contributed by atoms with Gasteiger partial charge in [0.25, 0.3) is 0 Å². The van der Waals surface area contributed by atoms with Gasteiger partial charge in [-0.15, -0.1) is 11.3 Å². The van der Waals surface area contributed by atoms with Crippen LogP contribution in [0.15, 0.2) is 44.6 Å². The largest absolute Gasteiger partial charge is 0.404 e. The molecule has 1 atom stereocenters. The summed E-state index contributed by atoms with van der Waals surface area (Å²) in [4.78, 5) is 14.3. The van der Waals surface area contributed by atoms with Crippen LogP contribution in [0.5, 0.6) is 0 Å². The maximum absolute atomic E-state index is 12.5. The molecule has 1 saturated heterocycles. The van der Waals surface area contributed by atoms with Crippen molar-refractivity contribution >= 4 is 35.3 Å². The highest BCUT2D eigenvalue weighted by Crippen LogP contribution is 2.34. The van der Waals surface area contributed by atoms with E-state index in [1.807, 2.05) is 5.38 Å². The first-order chi connectivity index (χ1) is 13.6. The summed E-state index contributed by atoms with van der Waals surface area (Å²) in [6.07, 6.45) is 4.92. The van der Waals surface area contributed by atoms with E-state index in [2.05, 4.69) is 24.6 Å². The average Bonchev–Trinajstić information content (AvgIpc) is 3.35. The molecule has 3 heterocycles. The Kier molecular flexibility index (Phi) is 7.54. The minimum absolute atomic E-state index is 0.182. The van der Waals surface area contributed by atoms with Crippen molar-refractivity contribution < 1.29 is 13.5 Å². The topological polar surface area (TPSA) is 88.1 Å². The molecule has 0 radical (unpaired) electrons. The van der Waals surface area contributed by atoms with Crippen molar-refractivity contribution in [1.82, 2.24) is 14.6 Å². The number of amidine groups is 1. The molecule has 0 aliphatic carbocycles. The molecule has 1 unspecified atom stereocenters. The van der Waals surface area contributed by atoms with E-state index in [1.54, 1.807) is 25.3 Å². The maximum Gasteiger partial charge on any atom is 0.331 e. The number of alkyl halides is 2. The molecule has 2 aliphatic rings. The Morgan fingerprint density at radius 1 is 1.61 bits per heavy atom. The zero-order valence-electron chi connectivity index (χ0n) is 15.3. The van der Waals surface area contributed by atoms with Crippen molar-refractivity contribution in [3.05, 3.63) is 39.6 Å². The highest BCUT2D eigenvalue weighted by atomic mass is 32.2. The van der Waals surface area contributed by atoms with E-state index in [4.69, 9.17) is 10.5 Å². The van der Waals surface area contributed by atoms with Gasteiger partial charge < -0.3 is 15.4 Å². The Labute approximate surface area is 170 Å². The summed E-state index contributed by atoms with van der Waals surface area (Å²) in [5, 5.41) is 2.74. The van der Waals surface area contributed by atoms with E-state index in [0.29, 0.717) is 25.3 Å².